The van der Waals surface area contributed by atoms with Gasteiger partial charge in [0.1, 0.15) is 0 Å². The zero-order valence-corrected chi connectivity index (χ0v) is 29.7. The van der Waals surface area contributed by atoms with Gasteiger partial charge >= 0.3 is 0 Å². The van der Waals surface area contributed by atoms with Gasteiger partial charge in [-0.1, -0.05) is 39.0 Å². The molecule has 5 aliphatic carbocycles. The largest absolute Gasteiger partial charge is 0.389 e. The summed E-state index contributed by atoms with van der Waals surface area (Å²) in [7, 11) is -1.09. The van der Waals surface area contributed by atoms with Crippen molar-refractivity contribution in [2.24, 2.45) is 34.0 Å². The van der Waals surface area contributed by atoms with Gasteiger partial charge in [-0.25, -0.2) is 0 Å². The summed E-state index contributed by atoms with van der Waals surface area (Å²) in [5.41, 5.74) is 0.109. The van der Waals surface area contributed by atoms with Crippen LogP contribution in [0.25, 0.3) is 0 Å². The molecular weight excluding hydrogens is 612 g/mol. The Morgan fingerprint density at radius 3 is 2.57 bits per heavy atom. The molecule has 7 nitrogen and oxygen atoms in total. The van der Waals surface area contributed by atoms with E-state index in [-0.39, 0.29) is 28.5 Å². The molecule has 6 fully saturated rings. The maximum atomic E-state index is 13.0. The van der Waals surface area contributed by atoms with Gasteiger partial charge < -0.3 is 29.2 Å². The molecule has 47 heavy (non-hydrogen) atoms. The molecule has 0 radical (unpaired) electrons. The van der Waals surface area contributed by atoms with Crippen LogP contribution < -0.4 is 0 Å². The maximum absolute atomic E-state index is 13.0. The van der Waals surface area contributed by atoms with Crippen molar-refractivity contribution in [2.45, 2.75) is 132 Å². The van der Waals surface area contributed by atoms with Crippen molar-refractivity contribution < 1.29 is 33.4 Å². The third-order valence-electron chi connectivity index (χ3n) is 14.4. The molecule has 0 amide bonds. The van der Waals surface area contributed by atoms with Gasteiger partial charge in [0.25, 0.3) is 0 Å². The topological polar surface area (TPSA) is 94.5 Å². The zero-order valence-electron chi connectivity index (χ0n) is 28.9. The lowest BCUT2D eigenvalue weighted by Gasteiger charge is -2.70. The first-order chi connectivity index (χ1) is 22.3. The molecule has 8 heteroatoms. The zero-order chi connectivity index (χ0) is 32.9. The number of ether oxygens (including phenoxy) is 4. The minimum Gasteiger partial charge on any atom is -0.389 e. The molecule has 7 aliphatic rings. The summed E-state index contributed by atoms with van der Waals surface area (Å²) in [4.78, 5) is 0.852. The second-order valence-corrected chi connectivity index (χ2v) is 18.9. The quantitative estimate of drug-likeness (QED) is 0.350. The predicted octanol–water partition coefficient (Wildman–Crippen LogP) is 6.41. The summed E-state index contributed by atoms with van der Waals surface area (Å²) in [6, 6.07) is 6.46. The van der Waals surface area contributed by atoms with E-state index in [0.29, 0.717) is 44.0 Å². The molecule has 2 saturated heterocycles. The van der Waals surface area contributed by atoms with Gasteiger partial charge in [0.05, 0.1) is 31.0 Å². The van der Waals surface area contributed by atoms with Crippen molar-refractivity contribution in [1.29, 1.82) is 0 Å². The van der Waals surface area contributed by atoms with Crippen LogP contribution in [-0.2, 0) is 36.2 Å². The number of rotatable bonds is 5. The van der Waals surface area contributed by atoms with Crippen molar-refractivity contribution in [3.8, 4) is 0 Å². The van der Waals surface area contributed by atoms with Crippen LogP contribution in [0.3, 0.4) is 0 Å². The third kappa shape index (κ3) is 5.12. The van der Waals surface area contributed by atoms with Crippen LogP contribution in [0.15, 0.2) is 35.2 Å². The normalized spacial score (nSPS) is 45.5. The molecule has 1 aromatic carbocycles. The number of aliphatic hydroxyl groups is 2. The first-order valence-electron chi connectivity index (χ1n) is 18.4. The monoisotopic (exact) mass is 668 g/mol. The second kappa shape index (κ2) is 11.4. The number of fused-ring (bicyclic) bond motifs is 4. The van der Waals surface area contributed by atoms with Crippen molar-refractivity contribution in [3.05, 3.63) is 41.5 Å². The highest BCUT2D eigenvalue weighted by Crippen LogP contribution is 2.75. The summed E-state index contributed by atoms with van der Waals surface area (Å²) in [6.07, 6.45) is 16.1. The highest BCUT2D eigenvalue weighted by Gasteiger charge is 2.73. The van der Waals surface area contributed by atoms with E-state index >= 15 is 0 Å². The smallest absolute Gasteiger partial charge is 0.171 e. The first-order valence-corrected chi connectivity index (χ1v) is 20.0. The highest BCUT2D eigenvalue weighted by atomic mass is 32.2. The minimum atomic E-state index is -1.09. The fourth-order valence-electron chi connectivity index (χ4n) is 12.0. The molecule has 10 atom stereocenters. The maximum Gasteiger partial charge on any atom is 0.171 e. The van der Waals surface area contributed by atoms with Crippen LogP contribution in [0.1, 0.15) is 108 Å². The fraction of sp³-hybridized carbons (Fsp3) is 0.795. The predicted molar refractivity (Wildman–Crippen MR) is 180 cm³/mol. The summed E-state index contributed by atoms with van der Waals surface area (Å²) in [5, 5.41) is 25.6. The molecule has 2 spiro atoms. The van der Waals surface area contributed by atoms with Gasteiger partial charge in [0.2, 0.25) is 0 Å². The van der Waals surface area contributed by atoms with Gasteiger partial charge in [0.15, 0.2) is 12.1 Å². The van der Waals surface area contributed by atoms with E-state index in [9.17, 15) is 14.4 Å². The summed E-state index contributed by atoms with van der Waals surface area (Å²) in [6.45, 7) is 9.19. The lowest BCUT2D eigenvalue weighted by Crippen LogP contribution is -2.70. The Bertz CT molecular complexity index is 1430. The van der Waals surface area contributed by atoms with Crippen LogP contribution >= 0.6 is 0 Å². The fourth-order valence-corrected chi connectivity index (χ4v) is 12.6. The standard InChI is InChI=1S/C39H56O7S/c1-34(2)24-45-39(46-25-34)17-16-36-21-26-20-27(47(4)42)9-10-28(26)30-22-35(3)31(29(33(30)36)11-14-38(36,41)23-39)12-15-37(35,40)13-7-19-44-32-8-5-6-18-43-32/h7,9-10,13,20,29-33,40-41H,5-6,8,11-12,14-19,21-25H2,1-4H3/b13-7-/t29-,30?,31-,32?,33?,35-,36-,37-,38+,47?/m0/s1. The second-order valence-electron chi connectivity index (χ2n) is 17.6. The summed E-state index contributed by atoms with van der Waals surface area (Å²) in [5.74, 6) is 0.604. The van der Waals surface area contributed by atoms with Crippen LogP contribution in [0.5, 0.6) is 0 Å². The lowest BCUT2D eigenvalue weighted by molar-refractivity contribution is -0.358. The molecule has 1 aromatic rings. The van der Waals surface area contributed by atoms with Crippen molar-refractivity contribution in [1.82, 2.24) is 0 Å². The van der Waals surface area contributed by atoms with Crippen molar-refractivity contribution in [3.63, 3.8) is 0 Å². The molecule has 0 aromatic heterocycles. The van der Waals surface area contributed by atoms with E-state index in [4.69, 9.17) is 18.9 Å². The first kappa shape index (κ1) is 33.0. The van der Waals surface area contributed by atoms with Crippen molar-refractivity contribution >= 4 is 10.8 Å². The Kier molecular flexibility index (Phi) is 8.04. The SMILES string of the molecule is CS(=O)c1ccc2c(c1)C[C@]13CCC4(C[C@]1(O)CC[C@@H]1C3C2C[C@@]2(C)[C@H]1CC[C@@]2(O)/C=C\COC1CCCCO1)OCC(C)(C)CO4. The Morgan fingerprint density at radius 1 is 1.02 bits per heavy atom. The average Bonchev–Trinajstić information content (AvgIpc) is 3.31. The Morgan fingerprint density at radius 2 is 1.83 bits per heavy atom. The average molecular weight is 669 g/mol. The molecule has 8 rings (SSSR count). The number of hydrogen-bond acceptors (Lipinski definition) is 7. The van der Waals surface area contributed by atoms with Crippen LogP contribution in [0.4, 0.5) is 0 Å². The molecule has 2 heterocycles. The van der Waals surface area contributed by atoms with Gasteiger partial charge in [-0.05, 0) is 111 Å². The van der Waals surface area contributed by atoms with Crippen LogP contribution in [0.2, 0.25) is 0 Å². The van der Waals surface area contributed by atoms with E-state index in [2.05, 4.69) is 45.0 Å². The molecule has 0 bridgehead atoms. The Balaban J connectivity index is 1.14. The van der Waals surface area contributed by atoms with Gasteiger partial charge in [0, 0.05) is 57.6 Å². The Hall–Kier alpha value is -1.13. The van der Waals surface area contributed by atoms with E-state index in [1.807, 2.05) is 6.08 Å². The van der Waals surface area contributed by atoms with E-state index in [1.165, 1.54) is 11.1 Å². The summed E-state index contributed by atoms with van der Waals surface area (Å²) >= 11 is 0. The van der Waals surface area contributed by atoms with E-state index in [0.717, 1.165) is 82.1 Å². The number of hydrogen-bond donors (Lipinski definition) is 2. The molecule has 260 valence electrons. The molecular formula is C39H56O7S. The molecule has 2 aliphatic heterocycles. The van der Waals surface area contributed by atoms with Crippen LogP contribution in [-0.4, -0.2) is 70.4 Å². The molecule has 4 unspecified atom stereocenters. The highest BCUT2D eigenvalue weighted by molar-refractivity contribution is 7.84. The van der Waals surface area contributed by atoms with Crippen LogP contribution in [0, 0.1) is 34.0 Å². The third-order valence-corrected chi connectivity index (χ3v) is 15.3. The lowest BCUT2D eigenvalue weighted by atomic mass is 9.36. The minimum absolute atomic E-state index is 0.0287. The Labute approximate surface area is 283 Å². The molecule has 4 saturated carbocycles. The molecule has 2 N–H and O–H groups in total. The van der Waals surface area contributed by atoms with Gasteiger partial charge in [-0.15, -0.1) is 0 Å². The van der Waals surface area contributed by atoms with Gasteiger partial charge in [-0.3, -0.25) is 4.21 Å². The number of benzene rings is 1. The van der Waals surface area contributed by atoms with E-state index < -0.39 is 27.8 Å². The van der Waals surface area contributed by atoms with Crippen molar-refractivity contribution in [2.75, 3.05) is 32.7 Å². The van der Waals surface area contributed by atoms with E-state index in [1.54, 1.807) is 6.26 Å². The summed E-state index contributed by atoms with van der Waals surface area (Å²) < 4.78 is 37.6. The van der Waals surface area contributed by atoms with Gasteiger partial charge in [-0.2, -0.15) is 0 Å².